The number of ether oxygens (including phenoxy) is 1. The van der Waals surface area contributed by atoms with Gasteiger partial charge in [0.05, 0.1) is 6.61 Å². The van der Waals surface area contributed by atoms with Crippen molar-refractivity contribution in [3.05, 3.63) is 53.6 Å². The maximum absolute atomic E-state index is 10.8. The topological polar surface area (TPSA) is 26.3 Å². The van der Waals surface area contributed by atoms with Crippen molar-refractivity contribution < 1.29 is 9.53 Å². The summed E-state index contributed by atoms with van der Waals surface area (Å²) in [7, 11) is 0. The van der Waals surface area contributed by atoms with Gasteiger partial charge in [0, 0.05) is 5.56 Å². The van der Waals surface area contributed by atoms with Crippen molar-refractivity contribution in [2.75, 3.05) is 6.61 Å². The molecule has 0 bridgehead atoms. The van der Waals surface area contributed by atoms with Crippen LogP contribution in [0.1, 0.15) is 50.4 Å². The Labute approximate surface area is 139 Å². The zero-order chi connectivity index (χ0) is 16.7. The normalized spacial score (nSPS) is 12.0. The van der Waals surface area contributed by atoms with E-state index in [-0.39, 0.29) is 0 Å². The van der Waals surface area contributed by atoms with Crippen LogP contribution >= 0.6 is 0 Å². The maximum atomic E-state index is 10.8. The molecule has 0 aliphatic heterocycles. The Morgan fingerprint density at radius 2 is 1.83 bits per heavy atom. The fourth-order valence-electron chi connectivity index (χ4n) is 2.58. The SMILES string of the molecule is CC(C)=CCCC(C)CCOc1ccc2cc(C=O)ccc2c1. The molecule has 0 N–H and O–H groups in total. The molecule has 0 aliphatic carbocycles. The smallest absolute Gasteiger partial charge is 0.150 e. The average molecular weight is 310 g/mol. The maximum Gasteiger partial charge on any atom is 0.150 e. The molecule has 2 nitrogen and oxygen atoms in total. The molecule has 2 aromatic rings. The quantitative estimate of drug-likeness (QED) is 0.454. The van der Waals surface area contributed by atoms with Gasteiger partial charge < -0.3 is 4.74 Å². The van der Waals surface area contributed by atoms with E-state index in [2.05, 4.69) is 26.8 Å². The summed E-state index contributed by atoms with van der Waals surface area (Å²) in [4.78, 5) is 10.8. The Bertz CT molecular complexity index is 681. The first kappa shape index (κ1) is 17.3. The molecular weight excluding hydrogens is 284 g/mol. The third kappa shape index (κ3) is 5.55. The summed E-state index contributed by atoms with van der Waals surface area (Å²) in [6.07, 6.45) is 6.60. The standard InChI is InChI=1S/C21H26O2/c1-16(2)5-4-6-17(3)11-12-23-21-10-9-19-13-18(15-22)7-8-20(19)14-21/h5,7-10,13-15,17H,4,6,11-12H2,1-3H3. The molecule has 2 aromatic carbocycles. The molecule has 0 saturated carbocycles. The molecule has 1 atom stereocenters. The summed E-state index contributed by atoms with van der Waals surface area (Å²) >= 11 is 0. The Kier molecular flexibility index (Phi) is 6.40. The highest BCUT2D eigenvalue weighted by Crippen LogP contribution is 2.22. The predicted octanol–water partition coefficient (Wildman–Crippen LogP) is 5.80. The van der Waals surface area contributed by atoms with Crippen LogP contribution in [0, 0.1) is 5.92 Å². The van der Waals surface area contributed by atoms with Gasteiger partial charge >= 0.3 is 0 Å². The number of allylic oxidation sites excluding steroid dienone is 2. The fourth-order valence-corrected chi connectivity index (χ4v) is 2.58. The molecule has 0 aromatic heterocycles. The zero-order valence-electron chi connectivity index (χ0n) is 14.3. The number of benzene rings is 2. The zero-order valence-corrected chi connectivity index (χ0v) is 14.3. The summed E-state index contributed by atoms with van der Waals surface area (Å²) in [5, 5.41) is 2.17. The number of hydrogen-bond donors (Lipinski definition) is 0. The minimum absolute atomic E-state index is 0.668. The number of hydrogen-bond acceptors (Lipinski definition) is 2. The van der Waals surface area contributed by atoms with Crippen LogP contribution < -0.4 is 4.74 Å². The van der Waals surface area contributed by atoms with Crippen LogP contribution in [0.15, 0.2) is 48.0 Å². The lowest BCUT2D eigenvalue weighted by atomic mass is 10.0. The summed E-state index contributed by atoms with van der Waals surface area (Å²) in [6, 6.07) is 11.7. The summed E-state index contributed by atoms with van der Waals surface area (Å²) in [5.41, 5.74) is 2.10. The summed E-state index contributed by atoms with van der Waals surface area (Å²) < 4.78 is 5.88. The molecule has 0 radical (unpaired) electrons. The van der Waals surface area contributed by atoms with Gasteiger partial charge in [0.1, 0.15) is 12.0 Å². The fraction of sp³-hybridized carbons (Fsp3) is 0.381. The highest BCUT2D eigenvalue weighted by Gasteiger charge is 2.03. The van der Waals surface area contributed by atoms with E-state index in [0.29, 0.717) is 11.5 Å². The van der Waals surface area contributed by atoms with Crippen LogP contribution in [0.3, 0.4) is 0 Å². The van der Waals surface area contributed by atoms with Gasteiger partial charge in [-0.15, -0.1) is 0 Å². The average Bonchev–Trinajstić information content (AvgIpc) is 2.54. The molecule has 0 heterocycles. The van der Waals surface area contributed by atoms with Crippen LogP contribution in [0.5, 0.6) is 5.75 Å². The molecule has 122 valence electrons. The van der Waals surface area contributed by atoms with Gasteiger partial charge in [-0.05, 0) is 68.0 Å². The van der Waals surface area contributed by atoms with E-state index in [4.69, 9.17) is 4.74 Å². The first-order valence-corrected chi connectivity index (χ1v) is 8.33. The summed E-state index contributed by atoms with van der Waals surface area (Å²) in [5.74, 6) is 1.56. The number of aldehydes is 1. The van der Waals surface area contributed by atoms with Gasteiger partial charge in [-0.2, -0.15) is 0 Å². The van der Waals surface area contributed by atoms with E-state index < -0.39 is 0 Å². The molecule has 0 saturated heterocycles. The second-order valence-corrected chi connectivity index (χ2v) is 6.49. The largest absolute Gasteiger partial charge is 0.494 e. The molecule has 1 unspecified atom stereocenters. The minimum atomic E-state index is 0.668. The van der Waals surface area contributed by atoms with Gasteiger partial charge in [0.15, 0.2) is 0 Å². The van der Waals surface area contributed by atoms with E-state index in [1.54, 1.807) is 0 Å². The Morgan fingerprint density at radius 3 is 2.57 bits per heavy atom. The lowest BCUT2D eigenvalue weighted by Gasteiger charge is -2.12. The number of carbonyl (C=O) groups excluding carboxylic acids is 1. The van der Waals surface area contributed by atoms with Gasteiger partial charge in [-0.3, -0.25) is 4.79 Å². The third-order valence-corrected chi connectivity index (χ3v) is 4.06. The molecule has 2 rings (SSSR count). The lowest BCUT2D eigenvalue weighted by molar-refractivity contribution is 0.112. The van der Waals surface area contributed by atoms with Crippen LogP contribution in [0.2, 0.25) is 0 Å². The van der Waals surface area contributed by atoms with Gasteiger partial charge in [0.25, 0.3) is 0 Å². The van der Waals surface area contributed by atoms with Crippen LogP contribution in [0.25, 0.3) is 10.8 Å². The number of carbonyl (C=O) groups is 1. The van der Waals surface area contributed by atoms with Crippen LogP contribution in [-0.4, -0.2) is 12.9 Å². The van der Waals surface area contributed by atoms with Gasteiger partial charge in [-0.1, -0.05) is 36.8 Å². The Hall–Kier alpha value is -2.09. The van der Waals surface area contributed by atoms with Crippen molar-refractivity contribution in [3.63, 3.8) is 0 Å². The third-order valence-electron chi connectivity index (χ3n) is 4.06. The van der Waals surface area contributed by atoms with Gasteiger partial charge in [-0.25, -0.2) is 0 Å². The highest BCUT2D eigenvalue weighted by atomic mass is 16.5. The van der Waals surface area contributed by atoms with E-state index in [0.717, 1.165) is 42.3 Å². The highest BCUT2D eigenvalue weighted by molar-refractivity contribution is 5.89. The Balaban J connectivity index is 1.85. The van der Waals surface area contributed by atoms with E-state index >= 15 is 0 Å². The van der Waals surface area contributed by atoms with Crippen molar-refractivity contribution >= 4 is 17.1 Å². The van der Waals surface area contributed by atoms with E-state index in [1.807, 2.05) is 36.4 Å². The second-order valence-electron chi connectivity index (χ2n) is 6.49. The first-order valence-electron chi connectivity index (χ1n) is 8.33. The lowest BCUT2D eigenvalue weighted by Crippen LogP contribution is -2.04. The molecule has 0 amide bonds. The minimum Gasteiger partial charge on any atom is -0.494 e. The van der Waals surface area contributed by atoms with E-state index in [9.17, 15) is 4.79 Å². The van der Waals surface area contributed by atoms with Gasteiger partial charge in [0.2, 0.25) is 0 Å². The molecular formula is C21H26O2. The molecule has 0 fully saturated rings. The van der Waals surface area contributed by atoms with Crippen molar-refractivity contribution in [2.45, 2.75) is 40.0 Å². The number of fused-ring (bicyclic) bond motifs is 1. The number of rotatable bonds is 8. The van der Waals surface area contributed by atoms with Crippen molar-refractivity contribution in [1.29, 1.82) is 0 Å². The van der Waals surface area contributed by atoms with Crippen molar-refractivity contribution in [2.24, 2.45) is 5.92 Å². The summed E-state index contributed by atoms with van der Waals surface area (Å²) in [6.45, 7) is 7.31. The monoisotopic (exact) mass is 310 g/mol. The molecule has 23 heavy (non-hydrogen) atoms. The second kappa shape index (κ2) is 8.52. The van der Waals surface area contributed by atoms with E-state index in [1.165, 1.54) is 12.0 Å². The van der Waals surface area contributed by atoms with Crippen LogP contribution in [0.4, 0.5) is 0 Å². The Morgan fingerprint density at radius 1 is 1.09 bits per heavy atom. The van der Waals surface area contributed by atoms with Crippen molar-refractivity contribution in [3.8, 4) is 5.75 Å². The molecule has 2 heteroatoms. The van der Waals surface area contributed by atoms with Crippen molar-refractivity contribution in [1.82, 2.24) is 0 Å². The van der Waals surface area contributed by atoms with Crippen LogP contribution in [-0.2, 0) is 0 Å². The first-order chi connectivity index (χ1) is 11.1. The predicted molar refractivity (Wildman–Crippen MR) is 97.3 cm³/mol. The molecule has 0 aliphatic rings. The molecule has 0 spiro atoms.